The summed E-state index contributed by atoms with van der Waals surface area (Å²) in [4.78, 5) is 46.7. The van der Waals surface area contributed by atoms with Crippen molar-refractivity contribution in [3.63, 3.8) is 0 Å². The Bertz CT molecular complexity index is 759. The highest BCUT2D eigenvalue weighted by molar-refractivity contribution is 5.85. The number of rotatable bonds is 8. The van der Waals surface area contributed by atoms with Crippen molar-refractivity contribution in [3.8, 4) is 0 Å². The minimum absolute atomic E-state index is 0.150. The molecule has 0 bridgehead atoms. The molecule has 0 aliphatic carbocycles. The Kier molecular flexibility index (Phi) is 8.70. The summed E-state index contributed by atoms with van der Waals surface area (Å²) in [5.74, 6) is 0.279. The third-order valence-corrected chi connectivity index (χ3v) is 6.50. The Morgan fingerprint density at radius 3 is 2.31 bits per heavy atom. The Balaban J connectivity index is 1.51. The molecule has 2 aliphatic rings. The number of piperidine rings is 1. The van der Waals surface area contributed by atoms with Crippen LogP contribution in [-0.4, -0.2) is 83.1 Å². The number of hydrogen-bond acceptors (Lipinski definition) is 5. The normalized spacial score (nSPS) is 18.3. The molecule has 9 heteroatoms. The molecule has 2 aliphatic heterocycles. The molecule has 3 rings (SSSR count). The minimum Gasteiger partial charge on any atom is -0.465 e. The summed E-state index contributed by atoms with van der Waals surface area (Å²) in [6.07, 6.45) is 6.92. The summed E-state index contributed by atoms with van der Waals surface area (Å²) in [6, 6.07) is 3.16. The van der Waals surface area contributed by atoms with Crippen LogP contribution >= 0.6 is 0 Å². The van der Waals surface area contributed by atoms with Crippen molar-refractivity contribution in [2.75, 3.05) is 44.2 Å². The number of aromatic nitrogens is 1. The van der Waals surface area contributed by atoms with Crippen molar-refractivity contribution in [2.24, 2.45) is 5.92 Å². The van der Waals surface area contributed by atoms with E-state index in [2.05, 4.69) is 22.1 Å². The van der Waals surface area contributed by atoms with Gasteiger partial charge in [0.25, 0.3) is 0 Å². The van der Waals surface area contributed by atoms with Crippen LogP contribution in [0.2, 0.25) is 0 Å². The van der Waals surface area contributed by atoms with Gasteiger partial charge in [-0.2, -0.15) is 0 Å². The Hall–Kier alpha value is -2.84. The van der Waals surface area contributed by atoms with Gasteiger partial charge in [0.05, 0.1) is 0 Å². The fraction of sp³-hybridized carbons (Fsp3) is 0.652. The number of nitrogens with zero attached hydrogens (tertiary/aromatic N) is 4. The molecule has 0 spiro atoms. The number of likely N-dealkylation sites (tertiary alicyclic amines) is 1. The van der Waals surface area contributed by atoms with Crippen molar-refractivity contribution in [1.29, 1.82) is 0 Å². The predicted octanol–water partition coefficient (Wildman–Crippen LogP) is 2.19. The highest BCUT2D eigenvalue weighted by atomic mass is 16.4. The quantitative estimate of drug-likeness (QED) is 0.635. The number of hydrogen-bond donors (Lipinski definition) is 2. The lowest BCUT2D eigenvalue weighted by molar-refractivity contribution is -0.135. The van der Waals surface area contributed by atoms with E-state index in [1.54, 1.807) is 17.3 Å². The van der Waals surface area contributed by atoms with Gasteiger partial charge in [-0.3, -0.25) is 14.6 Å². The second-order valence-corrected chi connectivity index (χ2v) is 8.68. The number of pyridine rings is 1. The van der Waals surface area contributed by atoms with E-state index >= 15 is 0 Å². The molecule has 9 nitrogen and oxygen atoms in total. The van der Waals surface area contributed by atoms with Gasteiger partial charge < -0.3 is 25.1 Å². The topological polar surface area (TPSA) is 106 Å². The molecule has 1 aromatic rings. The second-order valence-electron chi connectivity index (χ2n) is 8.68. The number of carbonyl (C=O) groups excluding carboxylic acids is 2. The fourth-order valence-corrected chi connectivity index (χ4v) is 4.57. The van der Waals surface area contributed by atoms with Crippen LogP contribution in [0.1, 0.15) is 45.4 Å². The molecule has 1 aromatic heterocycles. The second kappa shape index (κ2) is 11.7. The van der Waals surface area contributed by atoms with Crippen molar-refractivity contribution >= 4 is 23.6 Å². The number of anilines is 1. The first-order valence-corrected chi connectivity index (χ1v) is 11.7. The molecule has 2 N–H and O–H groups in total. The third kappa shape index (κ3) is 6.58. The largest absolute Gasteiger partial charge is 0.465 e. The van der Waals surface area contributed by atoms with Crippen LogP contribution in [0.25, 0.3) is 0 Å². The molecule has 176 valence electrons. The standard InChI is InChI=1S/C23H35N5O4/c1-2-3-4-21(29)27-11-7-18(8-12-27)17-20(25-23(31)32)22(30)28-15-13-26(14-16-28)19-5-9-24-10-6-19/h5-6,9-10,18,20,25H,2-4,7-8,11-17H2,1H3,(H,31,32). The fourth-order valence-electron chi connectivity index (χ4n) is 4.57. The van der Waals surface area contributed by atoms with Crippen molar-refractivity contribution in [2.45, 2.75) is 51.5 Å². The van der Waals surface area contributed by atoms with Crippen LogP contribution in [0, 0.1) is 5.92 Å². The number of nitrogens with one attached hydrogen (secondary N) is 1. The first-order chi connectivity index (χ1) is 15.5. The molecular formula is C23H35N5O4. The molecule has 3 heterocycles. The van der Waals surface area contributed by atoms with E-state index < -0.39 is 12.1 Å². The average Bonchev–Trinajstić information content (AvgIpc) is 2.82. The van der Waals surface area contributed by atoms with E-state index in [9.17, 15) is 19.5 Å². The maximum absolute atomic E-state index is 13.1. The maximum Gasteiger partial charge on any atom is 0.405 e. The zero-order valence-corrected chi connectivity index (χ0v) is 18.9. The Morgan fingerprint density at radius 2 is 1.72 bits per heavy atom. The molecule has 2 fully saturated rings. The minimum atomic E-state index is -1.18. The molecule has 1 unspecified atom stereocenters. The number of amides is 3. The lowest BCUT2D eigenvalue weighted by atomic mass is 9.89. The molecule has 32 heavy (non-hydrogen) atoms. The molecule has 0 aromatic carbocycles. The maximum atomic E-state index is 13.1. The van der Waals surface area contributed by atoms with Crippen LogP contribution in [0.3, 0.4) is 0 Å². The van der Waals surface area contributed by atoms with Crippen LogP contribution in [-0.2, 0) is 9.59 Å². The van der Waals surface area contributed by atoms with Crippen LogP contribution in [0.4, 0.5) is 10.5 Å². The first kappa shape index (κ1) is 23.8. The van der Waals surface area contributed by atoms with Gasteiger partial charge in [0.15, 0.2) is 0 Å². The summed E-state index contributed by atoms with van der Waals surface area (Å²) < 4.78 is 0. The van der Waals surface area contributed by atoms with Crippen molar-refractivity contribution in [1.82, 2.24) is 20.1 Å². The van der Waals surface area contributed by atoms with Crippen molar-refractivity contribution in [3.05, 3.63) is 24.5 Å². The Morgan fingerprint density at radius 1 is 1.06 bits per heavy atom. The van der Waals surface area contributed by atoms with E-state index in [-0.39, 0.29) is 17.7 Å². The summed E-state index contributed by atoms with van der Waals surface area (Å²) in [6.45, 7) is 5.97. The highest BCUT2D eigenvalue weighted by Crippen LogP contribution is 2.24. The number of piperazine rings is 1. The van der Waals surface area contributed by atoms with E-state index in [0.717, 1.165) is 31.4 Å². The molecule has 0 radical (unpaired) electrons. The molecule has 2 saturated heterocycles. The monoisotopic (exact) mass is 445 g/mol. The zero-order chi connectivity index (χ0) is 22.9. The van der Waals surface area contributed by atoms with Crippen LogP contribution in [0.5, 0.6) is 0 Å². The van der Waals surface area contributed by atoms with Gasteiger partial charge in [-0.05, 0) is 43.7 Å². The van der Waals surface area contributed by atoms with E-state index in [4.69, 9.17) is 0 Å². The number of carboxylic acid groups (broad SMARTS) is 1. The highest BCUT2D eigenvalue weighted by Gasteiger charge is 2.32. The van der Waals surface area contributed by atoms with Gasteiger partial charge in [-0.15, -0.1) is 0 Å². The summed E-state index contributed by atoms with van der Waals surface area (Å²) in [5.41, 5.74) is 1.08. The zero-order valence-electron chi connectivity index (χ0n) is 18.9. The van der Waals surface area contributed by atoms with Gasteiger partial charge in [0.1, 0.15) is 6.04 Å². The van der Waals surface area contributed by atoms with E-state index in [1.165, 1.54) is 0 Å². The average molecular weight is 446 g/mol. The molecule has 1 atom stereocenters. The lowest BCUT2D eigenvalue weighted by Crippen LogP contribution is -2.55. The number of carbonyl (C=O) groups is 3. The smallest absolute Gasteiger partial charge is 0.405 e. The first-order valence-electron chi connectivity index (χ1n) is 11.7. The number of unbranched alkanes of at least 4 members (excludes halogenated alkanes) is 1. The third-order valence-electron chi connectivity index (χ3n) is 6.50. The van der Waals surface area contributed by atoms with E-state index in [1.807, 2.05) is 17.0 Å². The molecule has 3 amide bonds. The summed E-state index contributed by atoms with van der Waals surface area (Å²) >= 11 is 0. The SMILES string of the molecule is CCCCC(=O)N1CCC(CC(NC(=O)O)C(=O)N2CCN(c3ccncc3)CC2)CC1. The van der Waals surface area contributed by atoms with Gasteiger partial charge >= 0.3 is 6.09 Å². The van der Waals surface area contributed by atoms with Crippen molar-refractivity contribution < 1.29 is 19.5 Å². The van der Waals surface area contributed by atoms with Crippen LogP contribution in [0.15, 0.2) is 24.5 Å². The predicted molar refractivity (Wildman–Crippen MR) is 121 cm³/mol. The van der Waals surface area contributed by atoms with Gasteiger partial charge in [0, 0.05) is 63.8 Å². The summed E-state index contributed by atoms with van der Waals surface area (Å²) in [7, 11) is 0. The van der Waals surface area contributed by atoms with E-state index in [0.29, 0.717) is 52.1 Å². The summed E-state index contributed by atoms with van der Waals surface area (Å²) in [5, 5.41) is 11.8. The molecule has 0 saturated carbocycles. The van der Waals surface area contributed by atoms with Gasteiger partial charge in [0.2, 0.25) is 11.8 Å². The van der Waals surface area contributed by atoms with Gasteiger partial charge in [-0.25, -0.2) is 4.79 Å². The Labute approximate surface area is 189 Å². The lowest BCUT2D eigenvalue weighted by Gasteiger charge is -2.38. The van der Waals surface area contributed by atoms with Crippen LogP contribution < -0.4 is 10.2 Å². The van der Waals surface area contributed by atoms with Gasteiger partial charge in [-0.1, -0.05) is 13.3 Å². The molecular weight excluding hydrogens is 410 g/mol.